The van der Waals surface area contributed by atoms with Crippen molar-refractivity contribution in [3.05, 3.63) is 0 Å². The molecule has 0 amide bonds. The molecule has 0 aromatic heterocycles. The van der Waals surface area contributed by atoms with Crippen LogP contribution in [0.1, 0.15) is 33.6 Å². The van der Waals surface area contributed by atoms with Gasteiger partial charge < -0.3 is 4.74 Å². The molecule has 82 valence electrons. The Bertz CT molecular complexity index is 193. The first kappa shape index (κ1) is 11.5. The Morgan fingerprint density at radius 3 is 2.43 bits per heavy atom. The number of carbonyl (C=O) groups is 1. The minimum atomic E-state index is -0.385. The van der Waals surface area contributed by atoms with Crippen molar-refractivity contribution in [3.8, 4) is 0 Å². The van der Waals surface area contributed by atoms with Crippen molar-refractivity contribution in [3.63, 3.8) is 0 Å². The molecule has 14 heavy (non-hydrogen) atoms. The number of rotatable bonds is 3. The van der Waals surface area contributed by atoms with Crippen LogP contribution in [0.25, 0.3) is 0 Å². The van der Waals surface area contributed by atoms with E-state index in [1.54, 1.807) is 0 Å². The van der Waals surface area contributed by atoms with Crippen LogP contribution in [0.5, 0.6) is 0 Å². The van der Waals surface area contributed by atoms with Gasteiger partial charge >= 0.3 is 5.97 Å². The number of hydrogen-bond donors (Lipinski definition) is 1. The number of carbonyl (C=O) groups excluding carboxylic acids is 1. The summed E-state index contributed by atoms with van der Waals surface area (Å²) < 4.78 is 5.17. The second-order valence-electron chi connectivity index (χ2n) is 4.62. The summed E-state index contributed by atoms with van der Waals surface area (Å²) in [6, 6.07) is 0. The summed E-state index contributed by atoms with van der Waals surface area (Å²) in [4.78, 5) is 11.3. The van der Waals surface area contributed by atoms with Gasteiger partial charge in [0.15, 0.2) is 0 Å². The van der Waals surface area contributed by atoms with Gasteiger partial charge in [0.25, 0.3) is 0 Å². The highest BCUT2D eigenvalue weighted by Gasteiger charge is 2.17. The fraction of sp³-hybridized carbons (Fsp3) is 0.900. The molecule has 1 aliphatic rings. The summed E-state index contributed by atoms with van der Waals surface area (Å²) >= 11 is 0. The highest BCUT2D eigenvalue weighted by atomic mass is 16.6. The summed E-state index contributed by atoms with van der Waals surface area (Å²) in [5, 5.41) is 2.07. The molecule has 0 bridgehead atoms. The van der Waals surface area contributed by atoms with Gasteiger partial charge in [0.2, 0.25) is 0 Å². The molecule has 1 N–H and O–H groups in total. The Kier molecular flexibility index (Phi) is 3.89. The van der Waals surface area contributed by atoms with Gasteiger partial charge in [0.1, 0.15) is 12.1 Å². The lowest BCUT2D eigenvalue weighted by atomic mass is 10.2. The Morgan fingerprint density at radius 1 is 1.36 bits per heavy atom. The lowest BCUT2D eigenvalue weighted by molar-refractivity contribution is -0.154. The largest absolute Gasteiger partial charge is 0.459 e. The van der Waals surface area contributed by atoms with E-state index in [1.807, 2.05) is 20.8 Å². The van der Waals surface area contributed by atoms with E-state index in [9.17, 15) is 4.79 Å². The Labute approximate surface area is 85.6 Å². The maximum atomic E-state index is 11.3. The van der Waals surface area contributed by atoms with Crippen LogP contribution in [0.15, 0.2) is 0 Å². The van der Waals surface area contributed by atoms with Crippen LogP contribution >= 0.6 is 0 Å². The predicted octanol–water partition coefficient (Wildman–Crippen LogP) is 0.928. The summed E-state index contributed by atoms with van der Waals surface area (Å²) in [5.74, 6) is -0.190. The molecule has 0 unspecified atom stereocenters. The fourth-order valence-electron chi connectivity index (χ4n) is 1.43. The third kappa shape index (κ3) is 4.58. The zero-order valence-electron chi connectivity index (χ0n) is 9.30. The Balaban J connectivity index is 2.14. The average molecular weight is 200 g/mol. The molecule has 1 rings (SSSR count). The van der Waals surface area contributed by atoms with E-state index < -0.39 is 0 Å². The second-order valence-corrected chi connectivity index (χ2v) is 4.62. The number of hydrogen-bond acceptors (Lipinski definition) is 4. The molecular formula is C10H20N2O2. The van der Waals surface area contributed by atoms with Gasteiger partial charge in [-0.1, -0.05) is 0 Å². The molecule has 1 heterocycles. The van der Waals surface area contributed by atoms with Gasteiger partial charge in [-0.2, -0.15) is 0 Å². The molecular weight excluding hydrogens is 180 g/mol. The van der Waals surface area contributed by atoms with Crippen LogP contribution in [-0.4, -0.2) is 36.2 Å². The quantitative estimate of drug-likeness (QED) is 0.688. The normalized spacial score (nSPS) is 18.5. The van der Waals surface area contributed by atoms with Crippen LogP contribution in [-0.2, 0) is 9.53 Å². The zero-order chi connectivity index (χ0) is 10.6. The van der Waals surface area contributed by atoms with Gasteiger partial charge in [0, 0.05) is 13.1 Å². The van der Waals surface area contributed by atoms with Crippen molar-refractivity contribution in [2.75, 3.05) is 19.6 Å². The summed E-state index contributed by atoms with van der Waals surface area (Å²) in [6.07, 6.45) is 2.42. The van der Waals surface area contributed by atoms with Crippen LogP contribution in [0.3, 0.4) is 0 Å². The van der Waals surface area contributed by atoms with E-state index in [0.29, 0.717) is 0 Å². The average Bonchev–Trinajstić information content (AvgIpc) is 2.49. The number of ether oxygens (including phenoxy) is 1. The van der Waals surface area contributed by atoms with Crippen molar-refractivity contribution in [1.82, 2.24) is 10.4 Å². The van der Waals surface area contributed by atoms with Crippen LogP contribution in [0.4, 0.5) is 0 Å². The lowest BCUT2D eigenvalue weighted by Crippen LogP contribution is -2.41. The van der Waals surface area contributed by atoms with Gasteiger partial charge in [-0.05, 0) is 33.6 Å². The van der Waals surface area contributed by atoms with E-state index >= 15 is 0 Å². The Hall–Kier alpha value is -0.610. The first-order valence-electron chi connectivity index (χ1n) is 5.18. The predicted molar refractivity (Wildman–Crippen MR) is 54.7 cm³/mol. The van der Waals surface area contributed by atoms with Gasteiger partial charge in [0.05, 0.1) is 0 Å². The second kappa shape index (κ2) is 4.75. The highest BCUT2D eigenvalue weighted by molar-refractivity contribution is 5.71. The lowest BCUT2D eigenvalue weighted by Gasteiger charge is -2.21. The van der Waals surface area contributed by atoms with Crippen molar-refractivity contribution in [1.29, 1.82) is 0 Å². The summed E-state index contributed by atoms with van der Waals surface area (Å²) in [7, 11) is 0. The van der Waals surface area contributed by atoms with Crippen molar-refractivity contribution in [2.45, 2.75) is 39.2 Å². The van der Waals surface area contributed by atoms with E-state index in [4.69, 9.17) is 4.74 Å². The molecule has 1 aliphatic heterocycles. The van der Waals surface area contributed by atoms with Gasteiger partial charge in [-0.25, -0.2) is 10.4 Å². The molecule has 1 fully saturated rings. The van der Waals surface area contributed by atoms with Crippen molar-refractivity contribution in [2.24, 2.45) is 0 Å². The molecule has 1 saturated heterocycles. The summed E-state index contributed by atoms with van der Waals surface area (Å²) in [5.41, 5.74) is 2.68. The highest BCUT2D eigenvalue weighted by Crippen LogP contribution is 2.07. The van der Waals surface area contributed by atoms with Gasteiger partial charge in [-0.15, -0.1) is 0 Å². The minimum absolute atomic E-state index is 0.190. The monoisotopic (exact) mass is 200 g/mol. The first-order chi connectivity index (χ1) is 6.47. The molecule has 0 aromatic carbocycles. The number of esters is 1. The van der Waals surface area contributed by atoms with Crippen LogP contribution in [0.2, 0.25) is 0 Å². The molecule has 4 nitrogen and oxygen atoms in total. The standard InChI is InChI=1S/C10H20N2O2/c1-10(2,3)14-9(13)8-11-12-6-4-5-7-12/h11H,4-8H2,1-3H3. The van der Waals surface area contributed by atoms with Crippen LogP contribution < -0.4 is 5.43 Å². The van der Waals surface area contributed by atoms with E-state index in [2.05, 4.69) is 10.4 Å². The molecule has 0 saturated carbocycles. The van der Waals surface area contributed by atoms with Crippen LogP contribution in [0, 0.1) is 0 Å². The van der Waals surface area contributed by atoms with Crippen molar-refractivity contribution >= 4 is 5.97 Å². The number of hydrazine groups is 1. The van der Waals surface area contributed by atoms with E-state index in [1.165, 1.54) is 12.8 Å². The topological polar surface area (TPSA) is 41.6 Å². The fourth-order valence-corrected chi connectivity index (χ4v) is 1.43. The van der Waals surface area contributed by atoms with E-state index in [0.717, 1.165) is 13.1 Å². The van der Waals surface area contributed by atoms with Gasteiger partial charge in [-0.3, -0.25) is 4.79 Å². The molecule has 0 radical (unpaired) electrons. The third-order valence-electron chi connectivity index (χ3n) is 1.97. The maximum absolute atomic E-state index is 11.3. The summed E-state index contributed by atoms with van der Waals surface area (Å²) in [6.45, 7) is 7.96. The molecule has 0 atom stereocenters. The molecule has 0 aromatic rings. The van der Waals surface area contributed by atoms with Crippen molar-refractivity contribution < 1.29 is 9.53 Å². The number of nitrogens with one attached hydrogen (secondary N) is 1. The zero-order valence-corrected chi connectivity index (χ0v) is 9.30. The first-order valence-corrected chi connectivity index (χ1v) is 5.18. The Morgan fingerprint density at radius 2 is 1.93 bits per heavy atom. The number of nitrogens with zero attached hydrogens (tertiary/aromatic N) is 1. The third-order valence-corrected chi connectivity index (χ3v) is 1.97. The maximum Gasteiger partial charge on any atom is 0.321 e. The molecule has 4 heteroatoms. The minimum Gasteiger partial charge on any atom is -0.459 e. The smallest absolute Gasteiger partial charge is 0.321 e. The SMILES string of the molecule is CC(C)(C)OC(=O)CNN1CCCC1. The molecule has 0 spiro atoms. The molecule has 0 aliphatic carbocycles. The van der Waals surface area contributed by atoms with E-state index in [-0.39, 0.29) is 18.1 Å².